The van der Waals surface area contributed by atoms with Gasteiger partial charge in [0, 0.05) is 0 Å². The lowest BCUT2D eigenvalue weighted by atomic mass is 10.4. The standard InChI is InChI=1S/C9H12N2O4S2/c12-8(11-4-2-5-15-11)7-10-17(13,14)9-3-1-6-16-9/h1,3,6,10H,2,4-5,7H2. The Hall–Kier alpha value is -0.960. The summed E-state index contributed by atoms with van der Waals surface area (Å²) in [5.74, 6) is -0.373. The number of hydroxylamine groups is 2. The fourth-order valence-electron chi connectivity index (χ4n) is 1.38. The molecule has 1 saturated heterocycles. The fraction of sp³-hybridized carbons (Fsp3) is 0.444. The molecule has 0 bridgehead atoms. The van der Waals surface area contributed by atoms with Crippen molar-refractivity contribution in [1.82, 2.24) is 9.79 Å². The molecule has 1 aromatic rings. The maximum atomic E-state index is 11.7. The highest BCUT2D eigenvalue weighted by Gasteiger charge is 2.22. The molecule has 1 fully saturated rings. The Morgan fingerprint density at radius 3 is 3.00 bits per heavy atom. The molecule has 0 atom stereocenters. The molecule has 94 valence electrons. The second-order valence-electron chi connectivity index (χ2n) is 3.44. The lowest BCUT2D eigenvalue weighted by molar-refractivity contribution is -0.167. The highest BCUT2D eigenvalue weighted by atomic mass is 32.2. The van der Waals surface area contributed by atoms with E-state index in [1.54, 1.807) is 11.4 Å². The van der Waals surface area contributed by atoms with E-state index < -0.39 is 10.0 Å². The van der Waals surface area contributed by atoms with Gasteiger partial charge in [-0.15, -0.1) is 11.3 Å². The summed E-state index contributed by atoms with van der Waals surface area (Å²) >= 11 is 1.11. The molecule has 0 aromatic carbocycles. The van der Waals surface area contributed by atoms with E-state index in [2.05, 4.69) is 4.72 Å². The lowest BCUT2D eigenvalue weighted by Gasteiger charge is -2.13. The number of nitrogens with zero attached hydrogens (tertiary/aromatic N) is 1. The van der Waals surface area contributed by atoms with Gasteiger partial charge in [-0.25, -0.2) is 18.2 Å². The van der Waals surface area contributed by atoms with Crippen LogP contribution < -0.4 is 4.72 Å². The highest BCUT2D eigenvalue weighted by Crippen LogP contribution is 2.15. The van der Waals surface area contributed by atoms with Gasteiger partial charge in [0.2, 0.25) is 0 Å². The molecule has 17 heavy (non-hydrogen) atoms. The Bertz CT molecular complexity index is 477. The monoisotopic (exact) mass is 276 g/mol. The number of thiophene rings is 1. The number of nitrogens with one attached hydrogen (secondary N) is 1. The van der Waals surface area contributed by atoms with Gasteiger partial charge in [0.15, 0.2) is 0 Å². The summed E-state index contributed by atoms with van der Waals surface area (Å²) in [5.41, 5.74) is 0. The van der Waals surface area contributed by atoms with Crippen molar-refractivity contribution >= 4 is 27.3 Å². The SMILES string of the molecule is O=C(CNS(=O)(=O)c1cccs1)N1CCCO1. The van der Waals surface area contributed by atoms with E-state index in [0.29, 0.717) is 13.2 Å². The van der Waals surface area contributed by atoms with Crippen LogP contribution in [0.25, 0.3) is 0 Å². The Labute approximate surface area is 103 Å². The summed E-state index contributed by atoms with van der Waals surface area (Å²) in [6.45, 7) is 0.739. The van der Waals surface area contributed by atoms with Gasteiger partial charge < -0.3 is 0 Å². The van der Waals surface area contributed by atoms with Crippen LogP contribution in [-0.2, 0) is 19.7 Å². The molecule has 0 aliphatic carbocycles. The minimum absolute atomic E-state index is 0.202. The van der Waals surface area contributed by atoms with E-state index in [1.165, 1.54) is 11.1 Å². The lowest BCUT2D eigenvalue weighted by Crippen LogP contribution is -2.37. The zero-order valence-electron chi connectivity index (χ0n) is 8.96. The summed E-state index contributed by atoms with van der Waals surface area (Å²) in [4.78, 5) is 16.6. The summed E-state index contributed by atoms with van der Waals surface area (Å²) in [6.07, 6.45) is 0.781. The van der Waals surface area contributed by atoms with Gasteiger partial charge in [0.1, 0.15) is 4.21 Å². The van der Waals surface area contributed by atoms with Crippen LogP contribution in [0.3, 0.4) is 0 Å². The number of carbonyl (C=O) groups is 1. The molecule has 2 rings (SSSR count). The van der Waals surface area contributed by atoms with Crippen molar-refractivity contribution in [3.63, 3.8) is 0 Å². The van der Waals surface area contributed by atoms with Crippen molar-refractivity contribution < 1.29 is 18.0 Å². The average molecular weight is 276 g/mol. The van der Waals surface area contributed by atoms with Gasteiger partial charge in [-0.05, 0) is 17.9 Å². The summed E-state index contributed by atoms with van der Waals surface area (Å²) < 4.78 is 25.9. The van der Waals surface area contributed by atoms with E-state index in [4.69, 9.17) is 4.84 Å². The second-order valence-corrected chi connectivity index (χ2v) is 6.38. The summed E-state index contributed by atoms with van der Waals surface area (Å²) in [5, 5.41) is 2.86. The Kier molecular flexibility index (Phi) is 3.77. The van der Waals surface area contributed by atoms with Crippen LogP contribution in [-0.4, -0.2) is 39.1 Å². The molecule has 6 nitrogen and oxygen atoms in total. The van der Waals surface area contributed by atoms with Crippen LogP contribution in [0.15, 0.2) is 21.7 Å². The predicted octanol–water partition coefficient (Wildman–Crippen LogP) is 0.190. The number of carbonyl (C=O) groups excluding carboxylic acids is 1. The molecule has 0 saturated carbocycles. The van der Waals surface area contributed by atoms with Gasteiger partial charge in [-0.3, -0.25) is 9.63 Å². The average Bonchev–Trinajstić information content (AvgIpc) is 2.97. The number of hydrogen-bond acceptors (Lipinski definition) is 5. The smallest absolute Gasteiger partial charge is 0.261 e. The van der Waals surface area contributed by atoms with Crippen LogP contribution in [0.2, 0.25) is 0 Å². The number of rotatable bonds is 4. The highest BCUT2D eigenvalue weighted by molar-refractivity contribution is 7.91. The van der Waals surface area contributed by atoms with Crippen molar-refractivity contribution in [3.05, 3.63) is 17.5 Å². The minimum Gasteiger partial charge on any atom is -0.271 e. The molecule has 1 amide bonds. The topological polar surface area (TPSA) is 75.7 Å². The maximum absolute atomic E-state index is 11.7. The van der Waals surface area contributed by atoms with E-state index >= 15 is 0 Å². The molecule has 0 unspecified atom stereocenters. The molecule has 2 heterocycles. The number of hydrogen-bond donors (Lipinski definition) is 1. The quantitative estimate of drug-likeness (QED) is 0.852. The van der Waals surface area contributed by atoms with Crippen LogP contribution in [0.5, 0.6) is 0 Å². The minimum atomic E-state index is -3.58. The van der Waals surface area contributed by atoms with Gasteiger partial charge in [-0.1, -0.05) is 6.07 Å². The van der Waals surface area contributed by atoms with Crippen molar-refractivity contribution in [3.8, 4) is 0 Å². The Morgan fingerprint density at radius 1 is 1.59 bits per heavy atom. The third-order valence-electron chi connectivity index (χ3n) is 2.20. The van der Waals surface area contributed by atoms with Crippen molar-refractivity contribution in [2.75, 3.05) is 19.7 Å². The number of amides is 1. The van der Waals surface area contributed by atoms with Crippen LogP contribution in [0, 0.1) is 0 Å². The van der Waals surface area contributed by atoms with E-state index in [1.807, 2.05) is 0 Å². The van der Waals surface area contributed by atoms with E-state index in [-0.39, 0.29) is 16.7 Å². The van der Waals surface area contributed by atoms with Gasteiger partial charge in [0.25, 0.3) is 15.9 Å². The molecular weight excluding hydrogens is 264 g/mol. The molecule has 1 aliphatic rings. The van der Waals surface area contributed by atoms with Gasteiger partial charge >= 0.3 is 0 Å². The van der Waals surface area contributed by atoms with Crippen LogP contribution >= 0.6 is 11.3 Å². The summed E-state index contributed by atoms with van der Waals surface area (Å²) in [6, 6.07) is 3.13. The molecule has 1 aromatic heterocycles. The van der Waals surface area contributed by atoms with Crippen LogP contribution in [0.1, 0.15) is 6.42 Å². The molecule has 0 radical (unpaired) electrons. The maximum Gasteiger partial charge on any atom is 0.261 e. The van der Waals surface area contributed by atoms with E-state index in [0.717, 1.165) is 17.8 Å². The first-order chi connectivity index (χ1) is 8.09. The normalized spacial score (nSPS) is 16.4. The molecule has 8 heteroatoms. The number of sulfonamides is 1. The second kappa shape index (κ2) is 5.13. The fourth-order valence-corrected chi connectivity index (χ4v) is 3.39. The first-order valence-corrected chi connectivity index (χ1v) is 7.42. The molecule has 0 spiro atoms. The van der Waals surface area contributed by atoms with Crippen molar-refractivity contribution in [2.24, 2.45) is 0 Å². The zero-order valence-corrected chi connectivity index (χ0v) is 10.6. The molecule has 1 N–H and O–H groups in total. The van der Waals surface area contributed by atoms with Crippen molar-refractivity contribution in [1.29, 1.82) is 0 Å². The van der Waals surface area contributed by atoms with Crippen LogP contribution in [0.4, 0.5) is 0 Å². The Balaban J connectivity index is 1.91. The third kappa shape index (κ3) is 3.03. The predicted molar refractivity (Wildman–Crippen MR) is 61.8 cm³/mol. The first kappa shape index (κ1) is 12.5. The van der Waals surface area contributed by atoms with Gasteiger partial charge in [0.05, 0.1) is 19.7 Å². The third-order valence-corrected chi connectivity index (χ3v) is 5.00. The first-order valence-electron chi connectivity index (χ1n) is 5.06. The van der Waals surface area contributed by atoms with Gasteiger partial charge in [-0.2, -0.15) is 0 Å². The molecular formula is C9H12N2O4S2. The van der Waals surface area contributed by atoms with Crippen molar-refractivity contribution in [2.45, 2.75) is 10.6 Å². The Morgan fingerprint density at radius 2 is 2.41 bits per heavy atom. The zero-order chi connectivity index (χ0) is 12.3. The summed E-state index contributed by atoms with van der Waals surface area (Å²) in [7, 11) is -3.58. The molecule has 1 aliphatic heterocycles. The van der Waals surface area contributed by atoms with E-state index in [9.17, 15) is 13.2 Å². The largest absolute Gasteiger partial charge is 0.271 e.